The first-order valence-electron chi connectivity index (χ1n) is 11.6. The molecular weight excluding hydrogens is 448 g/mol. The third-order valence-corrected chi connectivity index (χ3v) is 6.81. The first-order chi connectivity index (χ1) is 16.9. The van der Waals surface area contributed by atoms with Crippen LogP contribution in [0.4, 0.5) is 10.5 Å². The first kappa shape index (κ1) is 22.6. The molecule has 2 aromatic carbocycles. The number of nitrogens with zero attached hydrogens (tertiary/aromatic N) is 2. The summed E-state index contributed by atoms with van der Waals surface area (Å²) in [5.74, 6) is -1.86. The van der Waals surface area contributed by atoms with E-state index < -0.39 is 24.0 Å². The number of hydrogen-bond acceptors (Lipinski definition) is 5. The van der Waals surface area contributed by atoms with Gasteiger partial charge in [0, 0.05) is 19.2 Å². The number of aryl methyl sites for hydroxylation is 1. The molecule has 0 aliphatic heterocycles. The van der Waals surface area contributed by atoms with Gasteiger partial charge in [-0.2, -0.15) is 5.10 Å². The van der Waals surface area contributed by atoms with Gasteiger partial charge >= 0.3 is 12.1 Å². The summed E-state index contributed by atoms with van der Waals surface area (Å²) < 4.78 is 6.93. The number of aromatic carboxylic acids is 1. The van der Waals surface area contributed by atoms with Crippen LogP contribution < -0.4 is 10.6 Å². The molecule has 3 aromatic rings. The number of rotatable bonds is 7. The average molecular weight is 475 g/mol. The molecule has 0 bridgehead atoms. The summed E-state index contributed by atoms with van der Waals surface area (Å²) in [5, 5.41) is 18.5. The van der Waals surface area contributed by atoms with Gasteiger partial charge < -0.3 is 20.5 Å². The van der Waals surface area contributed by atoms with Gasteiger partial charge in [0.1, 0.15) is 12.6 Å². The normalized spacial score (nSPS) is 15.5. The van der Waals surface area contributed by atoms with Crippen LogP contribution in [0.5, 0.6) is 0 Å². The number of hydrogen-bond donors (Lipinski definition) is 3. The molecule has 180 valence electrons. The van der Waals surface area contributed by atoms with Crippen LogP contribution in [0.25, 0.3) is 11.1 Å². The molecule has 1 saturated carbocycles. The number of carbonyl (C=O) groups excluding carboxylic acids is 2. The van der Waals surface area contributed by atoms with Gasteiger partial charge in [-0.05, 0) is 41.0 Å². The lowest BCUT2D eigenvalue weighted by atomic mass is 9.79. The van der Waals surface area contributed by atoms with Crippen molar-refractivity contribution in [2.75, 3.05) is 11.9 Å². The molecule has 1 heterocycles. The van der Waals surface area contributed by atoms with Crippen LogP contribution in [0.2, 0.25) is 0 Å². The highest BCUT2D eigenvalue weighted by Crippen LogP contribution is 2.44. The first-order valence-corrected chi connectivity index (χ1v) is 11.6. The van der Waals surface area contributed by atoms with Gasteiger partial charge in [0.25, 0.3) is 0 Å². The quantitative estimate of drug-likeness (QED) is 0.479. The summed E-state index contributed by atoms with van der Waals surface area (Å²) in [6.45, 7) is 0.143. The van der Waals surface area contributed by atoms with E-state index in [1.807, 2.05) is 36.4 Å². The van der Waals surface area contributed by atoms with Gasteiger partial charge in [-0.25, -0.2) is 9.59 Å². The largest absolute Gasteiger partial charge is 0.476 e. The fourth-order valence-corrected chi connectivity index (χ4v) is 4.89. The summed E-state index contributed by atoms with van der Waals surface area (Å²) in [5.41, 5.74) is 4.31. The number of amides is 2. The Hall–Kier alpha value is -4.14. The molecule has 2 amide bonds. The third kappa shape index (κ3) is 4.37. The lowest BCUT2D eigenvalue weighted by Crippen LogP contribution is -2.50. The number of nitrogens with one attached hydrogen (secondary N) is 2. The van der Waals surface area contributed by atoms with Gasteiger partial charge in [0.15, 0.2) is 5.69 Å². The second-order valence-electron chi connectivity index (χ2n) is 9.00. The van der Waals surface area contributed by atoms with Crippen LogP contribution in [0.1, 0.15) is 46.8 Å². The highest BCUT2D eigenvalue weighted by Gasteiger charge is 2.36. The van der Waals surface area contributed by atoms with E-state index in [2.05, 4.69) is 27.9 Å². The lowest BCUT2D eigenvalue weighted by Gasteiger charge is -2.33. The number of fused-ring (bicyclic) bond motifs is 3. The van der Waals surface area contributed by atoms with E-state index in [1.54, 1.807) is 7.05 Å². The summed E-state index contributed by atoms with van der Waals surface area (Å²) >= 11 is 0. The number of anilines is 1. The monoisotopic (exact) mass is 474 g/mol. The molecule has 2 aliphatic rings. The zero-order chi connectivity index (χ0) is 24.5. The Balaban J connectivity index is 1.27. The van der Waals surface area contributed by atoms with E-state index in [1.165, 1.54) is 10.9 Å². The van der Waals surface area contributed by atoms with E-state index in [-0.39, 0.29) is 29.8 Å². The van der Waals surface area contributed by atoms with Crippen LogP contribution >= 0.6 is 0 Å². The number of alkyl carbamates (subject to hydrolysis) is 1. The Morgan fingerprint density at radius 3 is 2.29 bits per heavy atom. The second kappa shape index (κ2) is 9.25. The Bertz CT molecular complexity index is 1250. The van der Waals surface area contributed by atoms with Crippen molar-refractivity contribution in [1.29, 1.82) is 0 Å². The maximum atomic E-state index is 13.0. The number of carboxylic acids is 1. The summed E-state index contributed by atoms with van der Waals surface area (Å²) in [4.78, 5) is 37.3. The second-order valence-corrected chi connectivity index (χ2v) is 9.00. The van der Waals surface area contributed by atoms with Gasteiger partial charge in [-0.15, -0.1) is 0 Å². The number of carboxylic acid groups (broad SMARTS) is 1. The predicted molar refractivity (Wildman–Crippen MR) is 128 cm³/mol. The van der Waals surface area contributed by atoms with Crippen LogP contribution in [0.15, 0.2) is 54.7 Å². The van der Waals surface area contributed by atoms with Gasteiger partial charge in [-0.3, -0.25) is 9.48 Å². The highest BCUT2D eigenvalue weighted by atomic mass is 16.5. The van der Waals surface area contributed by atoms with Crippen molar-refractivity contribution in [3.8, 4) is 11.1 Å². The molecule has 35 heavy (non-hydrogen) atoms. The molecule has 3 N–H and O–H groups in total. The maximum Gasteiger partial charge on any atom is 0.407 e. The van der Waals surface area contributed by atoms with E-state index in [4.69, 9.17) is 4.74 Å². The Labute approximate surface area is 202 Å². The van der Waals surface area contributed by atoms with E-state index in [0.29, 0.717) is 0 Å². The molecule has 1 atom stereocenters. The molecule has 2 aliphatic carbocycles. The zero-order valence-corrected chi connectivity index (χ0v) is 19.2. The SMILES string of the molecule is Cn1cc(NC(=O)C(NC(=O)OCC2c3ccccc3-c3ccccc32)C2CCC2)c(C(=O)O)n1. The van der Waals surface area contributed by atoms with Crippen molar-refractivity contribution in [3.05, 3.63) is 71.5 Å². The number of aromatic nitrogens is 2. The van der Waals surface area contributed by atoms with Crippen LogP contribution in [0.3, 0.4) is 0 Å². The molecule has 1 unspecified atom stereocenters. The Morgan fingerprint density at radius 2 is 1.71 bits per heavy atom. The van der Waals surface area contributed by atoms with Crippen molar-refractivity contribution >= 4 is 23.7 Å². The summed E-state index contributed by atoms with van der Waals surface area (Å²) in [6, 6.07) is 15.3. The minimum Gasteiger partial charge on any atom is -0.476 e. The van der Waals surface area contributed by atoms with Gasteiger partial charge in [-0.1, -0.05) is 55.0 Å². The molecule has 0 saturated heterocycles. The van der Waals surface area contributed by atoms with E-state index >= 15 is 0 Å². The lowest BCUT2D eigenvalue weighted by molar-refractivity contribution is -0.120. The zero-order valence-electron chi connectivity index (χ0n) is 19.2. The number of ether oxygens (including phenoxy) is 1. The van der Waals surface area contributed by atoms with Crippen LogP contribution in [0, 0.1) is 5.92 Å². The fourth-order valence-electron chi connectivity index (χ4n) is 4.89. The third-order valence-electron chi connectivity index (χ3n) is 6.81. The summed E-state index contributed by atoms with van der Waals surface area (Å²) in [6.07, 6.45) is 3.30. The molecule has 5 rings (SSSR count). The van der Waals surface area contributed by atoms with Crippen LogP contribution in [-0.4, -0.2) is 45.5 Å². The summed E-state index contributed by atoms with van der Waals surface area (Å²) in [7, 11) is 1.57. The van der Waals surface area contributed by atoms with Crippen molar-refractivity contribution in [1.82, 2.24) is 15.1 Å². The smallest absolute Gasteiger partial charge is 0.407 e. The number of benzene rings is 2. The van der Waals surface area contributed by atoms with Crippen molar-refractivity contribution in [2.45, 2.75) is 31.2 Å². The standard InChI is InChI=1S/C26H26N4O5/c1-30-13-21(23(29-30)25(32)33)27-24(31)22(15-7-6-8-15)28-26(34)35-14-20-18-11-4-2-9-16(18)17-10-3-5-12-19(17)20/h2-5,9-13,15,20,22H,6-8,14H2,1H3,(H,27,31)(H,28,34)(H,32,33). The van der Waals surface area contributed by atoms with Crippen LogP contribution in [-0.2, 0) is 16.6 Å². The minimum absolute atomic E-state index is 0.0413. The van der Waals surface area contributed by atoms with E-state index in [9.17, 15) is 19.5 Å². The Kier molecular flexibility index (Phi) is 5.98. The van der Waals surface area contributed by atoms with E-state index in [0.717, 1.165) is 41.5 Å². The molecule has 1 fully saturated rings. The predicted octanol–water partition coefficient (Wildman–Crippen LogP) is 3.76. The highest BCUT2D eigenvalue weighted by molar-refractivity contribution is 6.02. The van der Waals surface area contributed by atoms with Gasteiger partial charge in [0.2, 0.25) is 5.91 Å². The maximum absolute atomic E-state index is 13.0. The molecular formula is C26H26N4O5. The van der Waals surface area contributed by atoms with Crippen molar-refractivity contribution < 1.29 is 24.2 Å². The van der Waals surface area contributed by atoms with Crippen molar-refractivity contribution in [2.24, 2.45) is 13.0 Å². The molecule has 9 nitrogen and oxygen atoms in total. The molecule has 0 spiro atoms. The molecule has 0 radical (unpaired) electrons. The average Bonchev–Trinajstić information content (AvgIpc) is 3.33. The molecule has 9 heteroatoms. The van der Waals surface area contributed by atoms with Crippen molar-refractivity contribution in [3.63, 3.8) is 0 Å². The van der Waals surface area contributed by atoms with Gasteiger partial charge in [0.05, 0.1) is 5.69 Å². The fraction of sp³-hybridized carbons (Fsp3) is 0.308. The Morgan fingerprint density at radius 1 is 1.09 bits per heavy atom. The topological polar surface area (TPSA) is 123 Å². The minimum atomic E-state index is -1.24. The molecule has 1 aromatic heterocycles. The number of carbonyl (C=O) groups is 3.